The molecule has 0 aromatic heterocycles. The predicted octanol–water partition coefficient (Wildman–Crippen LogP) is 5.18. The van der Waals surface area contributed by atoms with Crippen LogP contribution in [0.1, 0.15) is 35.7 Å². The molecule has 0 aliphatic carbocycles. The number of nitrogens with zero attached hydrogens (tertiary/aromatic N) is 2. The Labute approximate surface area is 167 Å². The SMILES string of the molecule is CCCN(C[C@@H]1CC(c2ccc(Cl)c(Cl)c2)=NO1)C(=O)c1cccc(F)c1. The van der Waals surface area contributed by atoms with E-state index in [2.05, 4.69) is 5.16 Å². The van der Waals surface area contributed by atoms with Crippen molar-refractivity contribution in [2.24, 2.45) is 5.16 Å². The van der Waals surface area contributed by atoms with Crippen molar-refractivity contribution in [3.8, 4) is 0 Å². The first kappa shape index (κ1) is 19.6. The topological polar surface area (TPSA) is 41.9 Å². The van der Waals surface area contributed by atoms with Crippen molar-refractivity contribution in [2.45, 2.75) is 25.9 Å². The lowest BCUT2D eigenvalue weighted by atomic mass is 10.0. The molecular formula is C20H19Cl2FN2O2. The van der Waals surface area contributed by atoms with Crippen molar-refractivity contribution < 1.29 is 14.0 Å². The third-order valence-electron chi connectivity index (χ3n) is 4.26. The molecule has 2 aromatic rings. The van der Waals surface area contributed by atoms with Gasteiger partial charge in [0.2, 0.25) is 0 Å². The van der Waals surface area contributed by atoms with Crippen LogP contribution in [0.15, 0.2) is 47.6 Å². The van der Waals surface area contributed by atoms with Crippen molar-refractivity contribution in [2.75, 3.05) is 13.1 Å². The molecule has 1 aliphatic heterocycles. The summed E-state index contributed by atoms with van der Waals surface area (Å²) in [4.78, 5) is 19.9. The molecule has 0 radical (unpaired) electrons. The van der Waals surface area contributed by atoms with Crippen LogP contribution >= 0.6 is 23.2 Å². The average molecular weight is 409 g/mol. The fraction of sp³-hybridized carbons (Fsp3) is 0.300. The Bertz CT molecular complexity index is 873. The number of benzene rings is 2. The Morgan fingerprint density at radius 3 is 2.78 bits per heavy atom. The van der Waals surface area contributed by atoms with E-state index in [1.165, 1.54) is 18.2 Å². The first-order valence-corrected chi connectivity index (χ1v) is 9.46. The van der Waals surface area contributed by atoms with Crippen molar-refractivity contribution in [1.29, 1.82) is 0 Å². The molecule has 27 heavy (non-hydrogen) atoms. The molecule has 142 valence electrons. The Hall–Kier alpha value is -2.11. The molecule has 0 bridgehead atoms. The fourth-order valence-electron chi connectivity index (χ4n) is 2.97. The molecule has 3 rings (SSSR count). The normalized spacial score (nSPS) is 16.0. The number of oxime groups is 1. The van der Waals surface area contributed by atoms with E-state index < -0.39 is 5.82 Å². The van der Waals surface area contributed by atoms with Gasteiger partial charge in [0.1, 0.15) is 5.82 Å². The second kappa shape index (κ2) is 8.72. The highest BCUT2D eigenvalue weighted by atomic mass is 35.5. The fourth-order valence-corrected chi connectivity index (χ4v) is 3.27. The van der Waals surface area contributed by atoms with E-state index in [-0.39, 0.29) is 12.0 Å². The monoisotopic (exact) mass is 408 g/mol. The van der Waals surface area contributed by atoms with E-state index in [4.69, 9.17) is 28.0 Å². The van der Waals surface area contributed by atoms with Gasteiger partial charge in [-0.1, -0.05) is 47.4 Å². The summed E-state index contributed by atoms with van der Waals surface area (Å²) in [5.41, 5.74) is 1.92. The maximum Gasteiger partial charge on any atom is 0.254 e. The lowest BCUT2D eigenvalue weighted by Crippen LogP contribution is -2.38. The number of rotatable bonds is 6. The van der Waals surface area contributed by atoms with Gasteiger partial charge in [0, 0.05) is 24.1 Å². The Morgan fingerprint density at radius 2 is 2.07 bits per heavy atom. The van der Waals surface area contributed by atoms with Crippen LogP contribution in [0, 0.1) is 5.82 Å². The Morgan fingerprint density at radius 1 is 1.26 bits per heavy atom. The smallest absolute Gasteiger partial charge is 0.254 e. The molecular weight excluding hydrogens is 390 g/mol. The third kappa shape index (κ3) is 4.79. The summed E-state index contributed by atoms with van der Waals surface area (Å²) in [6.45, 7) is 2.91. The van der Waals surface area contributed by atoms with Gasteiger partial charge >= 0.3 is 0 Å². The largest absolute Gasteiger partial charge is 0.390 e. The van der Waals surface area contributed by atoms with Gasteiger partial charge in [-0.15, -0.1) is 0 Å². The summed E-state index contributed by atoms with van der Waals surface area (Å²) in [6, 6.07) is 11.0. The summed E-state index contributed by atoms with van der Waals surface area (Å²) >= 11 is 12.0. The summed E-state index contributed by atoms with van der Waals surface area (Å²) < 4.78 is 13.4. The summed E-state index contributed by atoms with van der Waals surface area (Å²) in [7, 11) is 0. The van der Waals surface area contributed by atoms with E-state index >= 15 is 0 Å². The van der Waals surface area contributed by atoms with Crippen molar-refractivity contribution >= 4 is 34.8 Å². The standard InChI is InChI=1S/C20H19Cl2FN2O2/c1-2-8-25(20(26)14-4-3-5-15(23)9-14)12-16-11-19(24-27-16)13-6-7-17(21)18(22)10-13/h3-7,9-10,16H,2,8,11-12H2,1H3/t16-/m0/s1. The van der Waals surface area contributed by atoms with Crippen LogP contribution in [0.3, 0.4) is 0 Å². The molecule has 1 heterocycles. The van der Waals surface area contributed by atoms with Gasteiger partial charge in [-0.2, -0.15) is 0 Å². The van der Waals surface area contributed by atoms with Crippen molar-refractivity contribution in [3.63, 3.8) is 0 Å². The minimum atomic E-state index is -0.431. The van der Waals surface area contributed by atoms with Gasteiger partial charge in [-0.3, -0.25) is 4.79 Å². The molecule has 2 aromatic carbocycles. The second-order valence-corrected chi connectivity index (χ2v) is 7.17. The molecule has 0 unspecified atom stereocenters. The highest BCUT2D eigenvalue weighted by molar-refractivity contribution is 6.42. The van der Waals surface area contributed by atoms with Crippen LogP contribution in [-0.4, -0.2) is 35.7 Å². The van der Waals surface area contributed by atoms with Crippen LogP contribution < -0.4 is 0 Å². The number of hydrogen-bond acceptors (Lipinski definition) is 3. The molecule has 0 spiro atoms. The predicted molar refractivity (Wildman–Crippen MR) is 105 cm³/mol. The lowest BCUT2D eigenvalue weighted by Gasteiger charge is -2.24. The maximum atomic E-state index is 13.4. The van der Waals surface area contributed by atoms with Crippen molar-refractivity contribution in [3.05, 3.63) is 69.5 Å². The quantitative estimate of drug-likeness (QED) is 0.660. The number of hydrogen-bond donors (Lipinski definition) is 0. The molecule has 1 aliphatic rings. The van der Waals surface area contributed by atoms with Gasteiger partial charge < -0.3 is 9.74 Å². The highest BCUT2D eigenvalue weighted by Crippen LogP contribution is 2.26. The van der Waals surface area contributed by atoms with E-state index in [1.54, 1.807) is 23.1 Å². The minimum absolute atomic E-state index is 0.220. The number of halogens is 3. The molecule has 1 atom stereocenters. The molecule has 4 nitrogen and oxygen atoms in total. The van der Waals surface area contributed by atoms with Gasteiger partial charge in [0.25, 0.3) is 5.91 Å². The lowest BCUT2D eigenvalue weighted by molar-refractivity contribution is 0.0423. The van der Waals surface area contributed by atoms with Gasteiger partial charge in [0.05, 0.1) is 22.3 Å². The summed E-state index contributed by atoms with van der Waals surface area (Å²) in [5, 5.41) is 5.07. The first-order chi connectivity index (χ1) is 13.0. The molecule has 0 N–H and O–H groups in total. The molecule has 7 heteroatoms. The van der Waals surface area contributed by atoms with Crippen LogP contribution in [0.2, 0.25) is 10.0 Å². The van der Waals surface area contributed by atoms with E-state index in [0.29, 0.717) is 35.1 Å². The van der Waals surface area contributed by atoms with E-state index in [0.717, 1.165) is 17.7 Å². The van der Waals surface area contributed by atoms with Crippen LogP contribution in [-0.2, 0) is 4.84 Å². The number of carbonyl (C=O) groups is 1. The van der Waals surface area contributed by atoms with E-state index in [1.807, 2.05) is 13.0 Å². The molecule has 0 saturated carbocycles. The number of amides is 1. The third-order valence-corrected chi connectivity index (χ3v) is 5.00. The zero-order valence-electron chi connectivity index (χ0n) is 14.8. The van der Waals surface area contributed by atoms with Gasteiger partial charge in [-0.05, 0) is 36.8 Å². The first-order valence-electron chi connectivity index (χ1n) is 8.71. The van der Waals surface area contributed by atoms with Crippen molar-refractivity contribution in [1.82, 2.24) is 4.90 Å². The highest BCUT2D eigenvalue weighted by Gasteiger charge is 2.27. The maximum absolute atomic E-state index is 13.4. The summed E-state index contributed by atoms with van der Waals surface area (Å²) in [5.74, 6) is -0.650. The molecule has 0 fully saturated rings. The minimum Gasteiger partial charge on any atom is -0.390 e. The summed E-state index contributed by atoms with van der Waals surface area (Å²) in [6.07, 6.45) is 1.07. The zero-order chi connectivity index (χ0) is 19.4. The zero-order valence-corrected chi connectivity index (χ0v) is 16.3. The Kier molecular flexibility index (Phi) is 6.34. The van der Waals surface area contributed by atoms with E-state index in [9.17, 15) is 9.18 Å². The molecule has 1 amide bonds. The number of carbonyl (C=O) groups excluding carboxylic acids is 1. The molecule has 0 saturated heterocycles. The van der Waals surface area contributed by atoms with Crippen LogP contribution in [0.25, 0.3) is 0 Å². The van der Waals surface area contributed by atoms with Gasteiger partial charge in [-0.25, -0.2) is 4.39 Å². The average Bonchev–Trinajstić information content (AvgIpc) is 3.11. The second-order valence-electron chi connectivity index (χ2n) is 6.36. The van der Waals surface area contributed by atoms with Crippen LogP contribution in [0.4, 0.5) is 4.39 Å². The van der Waals surface area contributed by atoms with Crippen LogP contribution in [0.5, 0.6) is 0 Å². The van der Waals surface area contributed by atoms with Gasteiger partial charge in [0.15, 0.2) is 6.10 Å². The Balaban J connectivity index is 1.67.